The maximum absolute atomic E-state index is 11.8. The summed E-state index contributed by atoms with van der Waals surface area (Å²) in [6, 6.07) is 7.81. The van der Waals surface area contributed by atoms with Crippen LogP contribution < -0.4 is 0 Å². The minimum atomic E-state index is -0.191. The molecule has 0 aliphatic carbocycles. The number of benzene rings is 1. The number of hydrazone groups is 1. The summed E-state index contributed by atoms with van der Waals surface area (Å²) in [5.74, 6) is -0.191. The van der Waals surface area contributed by atoms with Gasteiger partial charge in [-0.1, -0.05) is 42.5 Å². The Morgan fingerprint density at radius 3 is 2.78 bits per heavy atom. The highest BCUT2D eigenvalue weighted by Gasteiger charge is 2.26. The quantitative estimate of drug-likeness (QED) is 0.577. The topological polar surface area (TPSA) is 32.7 Å². The van der Waals surface area contributed by atoms with Crippen molar-refractivity contribution in [3.8, 4) is 0 Å². The fraction of sp³-hybridized carbons (Fsp3) is 0.200. The lowest BCUT2D eigenvalue weighted by Gasteiger charge is -2.29. The van der Waals surface area contributed by atoms with Crippen molar-refractivity contribution in [1.29, 1.82) is 0 Å². The molecule has 1 unspecified atom stereocenters. The van der Waals surface area contributed by atoms with Gasteiger partial charge in [-0.25, -0.2) is 5.01 Å². The second-order valence-corrected chi connectivity index (χ2v) is 4.45. The van der Waals surface area contributed by atoms with E-state index in [4.69, 9.17) is 0 Å². The maximum atomic E-state index is 11.8. The van der Waals surface area contributed by atoms with E-state index in [0.29, 0.717) is 0 Å². The van der Waals surface area contributed by atoms with E-state index >= 15 is 0 Å². The highest BCUT2D eigenvalue weighted by atomic mass is 16.2. The first-order valence-electron chi connectivity index (χ1n) is 5.87. The van der Waals surface area contributed by atoms with E-state index < -0.39 is 0 Å². The molecule has 1 atom stereocenters. The second-order valence-electron chi connectivity index (χ2n) is 4.45. The van der Waals surface area contributed by atoms with Gasteiger partial charge < -0.3 is 0 Å². The van der Waals surface area contributed by atoms with Gasteiger partial charge in [-0.2, -0.15) is 5.10 Å². The van der Waals surface area contributed by atoms with Gasteiger partial charge in [0.1, 0.15) is 0 Å². The molecule has 1 aromatic carbocycles. The van der Waals surface area contributed by atoms with E-state index in [1.807, 2.05) is 44.2 Å². The number of carbonyl (C=O) groups excluding carboxylic acids is 1. The molecule has 0 bridgehead atoms. The summed E-state index contributed by atoms with van der Waals surface area (Å²) in [4.78, 5) is 11.8. The van der Waals surface area contributed by atoms with Crippen molar-refractivity contribution >= 4 is 12.1 Å². The lowest BCUT2D eigenvalue weighted by atomic mass is 9.97. The molecule has 1 aliphatic heterocycles. The summed E-state index contributed by atoms with van der Waals surface area (Å²) >= 11 is 0. The Kier molecular flexibility index (Phi) is 3.42. The lowest BCUT2D eigenvalue weighted by molar-refractivity contribution is -0.127. The molecule has 0 radical (unpaired) electrons. The molecule has 0 spiro atoms. The van der Waals surface area contributed by atoms with E-state index in [-0.39, 0.29) is 11.9 Å². The molecule has 92 valence electrons. The Balaban J connectivity index is 2.51. The Hall–Kier alpha value is -2.16. The van der Waals surface area contributed by atoms with Crippen LogP contribution in [0.15, 0.2) is 53.7 Å². The van der Waals surface area contributed by atoms with Gasteiger partial charge in [0.15, 0.2) is 0 Å². The fourth-order valence-corrected chi connectivity index (χ4v) is 1.99. The Morgan fingerprint density at radius 2 is 2.11 bits per heavy atom. The van der Waals surface area contributed by atoms with Crippen LogP contribution in [-0.2, 0) is 4.79 Å². The molecule has 1 aliphatic rings. The van der Waals surface area contributed by atoms with Gasteiger partial charge in [0.2, 0.25) is 0 Å². The summed E-state index contributed by atoms with van der Waals surface area (Å²) in [5, 5.41) is 5.68. The van der Waals surface area contributed by atoms with Crippen molar-refractivity contribution in [3.63, 3.8) is 0 Å². The molecule has 18 heavy (non-hydrogen) atoms. The second kappa shape index (κ2) is 5.00. The molecule has 2 rings (SSSR count). The molecular formula is C15H16N2O. The van der Waals surface area contributed by atoms with Gasteiger partial charge in [0, 0.05) is 5.56 Å². The van der Waals surface area contributed by atoms with Crippen LogP contribution in [0.5, 0.6) is 0 Å². The first-order valence-corrected chi connectivity index (χ1v) is 5.87. The molecule has 1 aromatic rings. The van der Waals surface area contributed by atoms with Crippen LogP contribution in [0.2, 0.25) is 0 Å². The molecule has 3 heteroatoms. The van der Waals surface area contributed by atoms with Gasteiger partial charge in [0.25, 0.3) is 5.91 Å². The van der Waals surface area contributed by atoms with Crippen LogP contribution in [0.25, 0.3) is 0 Å². The minimum Gasteiger partial charge on any atom is -0.268 e. The summed E-state index contributed by atoms with van der Waals surface area (Å²) < 4.78 is 0. The standard InChI is InChI=1S/C15H16N2O/c1-4-15(18)17-14(9-11(2)3)13-8-6-5-7-12(13)10-16-17/h4-10,14H,1H2,2-3H3. The third-order valence-corrected chi connectivity index (χ3v) is 2.79. The van der Waals surface area contributed by atoms with E-state index in [2.05, 4.69) is 11.7 Å². The molecule has 0 aromatic heterocycles. The number of fused-ring (bicyclic) bond motifs is 1. The predicted molar refractivity (Wildman–Crippen MR) is 73.3 cm³/mol. The third kappa shape index (κ3) is 2.25. The van der Waals surface area contributed by atoms with E-state index in [9.17, 15) is 4.79 Å². The summed E-state index contributed by atoms with van der Waals surface area (Å²) in [5.41, 5.74) is 3.28. The van der Waals surface area contributed by atoms with E-state index in [0.717, 1.165) is 16.7 Å². The number of allylic oxidation sites excluding steroid dienone is 1. The van der Waals surface area contributed by atoms with Crippen molar-refractivity contribution in [2.75, 3.05) is 0 Å². The van der Waals surface area contributed by atoms with Crippen molar-refractivity contribution in [1.82, 2.24) is 5.01 Å². The predicted octanol–water partition coefficient (Wildman–Crippen LogP) is 3.06. The van der Waals surface area contributed by atoms with Crippen LogP contribution in [0.1, 0.15) is 31.0 Å². The Labute approximate surface area is 107 Å². The molecule has 1 amide bonds. The molecule has 0 saturated heterocycles. The van der Waals surface area contributed by atoms with Gasteiger partial charge in [-0.3, -0.25) is 4.79 Å². The number of carbonyl (C=O) groups is 1. The molecule has 0 saturated carbocycles. The SMILES string of the molecule is C=CC(=O)N1N=Cc2ccccc2C1C=C(C)C. The minimum absolute atomic E-state index is 0.151. The first kappa shape index (κ1) is 12.3. The molecule has 0 N–H and O–H groups in total. The first-order chi connectivity index (χ1) is 8.63. The Bertz CT molecular complexity index is 539. The number of nitrogens with zero attached hydrogens (tertiary/aromatic N) is 2. The van der Waals surface area contributed by atoms with Gasteiger partial charge in [-0.15, -0.1) is 0 Å². The average molecular weight is 240 g/mol. The zero-order valence-corrected chi connectivity index (χ0v) is 10.6. The largest absolute Gasteiger partial charge is 0.268 e. The van der Waals surface area contributed by atoms with Gasteiger partial charge >= 0.3 is 0 Å². The van der Waals surface area contributed by atoms with Crippen LogP contribution in [-0.4, -0.2) is 17.1 Å². The summed E-state index contributed by atoms with van der Waals surface area (Å²) in [6.07, 6.45) is 5.04. The van der Waals surface area contributed by atoms with Crippen LogP contribution in [0, 0.1) is 0 Å². The molecular weight excluding hydrogens is 224 g/mol. The smallest absolute Gasteiger partial charge is 0.266 e. The Morgan fingerprint density at radius 1 is 1.39 bits per heavy atom. The van der Waals surface area contributed by atoms with Crippen molar-refractivity contribution in [2.24, 2.45) is 5.10 Å². The zero-order valence-electron chi connectivity index (χ0n) is 10.6. The van der Waals surface area contributed by atoms with Crippen LogP contribution in [0.4, 0.5) is 0 Å². The van der Waals surface area contributed by atoms with Gasteiger partial charge in [-0.05, 0) is 25.5 Å². The molecule has 0 fully saturated rings. The number of amides is 1. The summed E-state index contributed by atoms with van der Waals surface area (Å²) in [7, 11) is 0. The van der Waals surface area contributed by atoms with Gasteiger partial charge in [0.05, 0.1) is 12.3 Å². The monoisotopic (exact) mass is 240 g/mol. The molecule has 3 nitrogen and oxygen atoms in total. The van der Waals surface area contributed by atoms with Crippen molar-refractivity contribution < 1.29 is 4.79 Å². The maximum Gasteiger partial charge on any atom is 0.266 e. The number of rotatable bonds is 2. The van der Waals surface area contributed by atoms with Crippen molar-refractivity contribution in [2.45, 2.75) is 19.9 Å². The average Bonchev–Trinajstić information content (AvgIpc) is 2.37. The van der Waals surface area contributed by atoms with E-state index in [1.165, 1.54) is 11.1 Å². The number of hydrogen-bond acceptors (Lipinski definition) is 2. The highest BCUT2D eigenvalue weighted by Crippen LogP contribution is 2.29. The van der Waals surface area contributed by atoms with Crippen LogP contribution in [0.3, 0.4) is 0 Å². The molecule has 1 heterocycles. The fourth-order valence-electron chi connectivity index (χ4n) is 1.99. The highest BCUT2D eigenvalue weighted by molar-refractivity contribution is 5.91. The van der Waals surface area contributed by atoms with Crippen LogP contribution >= 0.6 is 0 Å². The number of hydrogen-bond donors (Lipinski definition) is 0. The lowest BCUT2D eigenvalue weighted by Crippen LogP contribution is -2.31. The third-order valence-electron chi connectivity index (χ3n) is 2.79. The summed E-state index contributed by atoms with van der Waals surface area (Å²) in [6.45, 7) is 7.54. The zero-order chi connectivity index (χ0) is 13.1. The normalized spacial score (nSPS) is 17.0. The van der Waals surface area contributed by atoms with Crippen molar-refractivity contribution in [3.05, 3.63) is 59.7 Å². The van der Waals surface area contributed by atoms with E-state index in [1.54, 1.807) is 6.21 Å².